The van der Waals surface area contributed by atoms with Crippen LogP contribution in [0.1, 0.15) is 58.3 Å². The Labute approximate surface area is 129 Å². The predicted octanol–water partition coefficient (Wildman–Crippen LogP) is 1.91. The highest BCUT2D eigenvalue weighted by molar-refractivity contribution is 5.00. The quantitative estimate of drug-likeness (QED) is 0.813. The van der Waals surface area contributed by atoms with Gasteiger partial charge in [-0.3, -0.25) is 4.90 Å². The maximum Gasteiger partial charge on any atom is 0.0731 e. The van der Waals surface area contributed by atoms with Crippen molar-refractivity contribution < 1.29 is 9.84 Å². The first-order chi connectivity index (χ1) is 10.3. The average Bonchev–Trinajstić information content (AvgIpc) is 3.01. The van der Waals surface area contributed by atoms with E-state index in [1.54, 1.807) is 0 Å². The number of hydrogen-bond acceptors (Lipinski definition) is 4. The summed E-state index contributed by atoms with van der Waals surface area (Å²) in [5.41, 5.74) is -0.0364. The molecule has 3 fully saturated rings. The van der Waals surface area contributed by atoms with Gasteiger partial charge < -0.3 is 15.2 Å². The Morgan fingerprint density at radius 1 is 1.29 bits per heavy atom. The molecule has 1 saturated heterocycles. The number of ether oxygens (including phenoxy) is 1. The van der Waals surface area contributed by atoms with Gasteiger partial charge in [0.1, 0.15) is 0 Å². The summed E-state index contributed by atoms with van der Waals surface area (Å²) in [7, 11) is 0. The van der Waals surface area contributed by atoms with Gasteiger partial charge in [-0.05, 0) is 57.9 Å². The second-order valence-corrected chi connectivity index (χ2v) is 7.26. The van der Waals surface area contributed by atoms with Crippen LogP contribution in [0.5, 0.6) is 0 Å². The van der Waals surface area contributed by atoms with E-state index in [-0.39, 0.29) is 12.1 Å². The molecule has 0 spiro atoms. The minimum atomic E-state index is -0.0364. The van der Waals surface area contributed by atoms with Gasteiger partial charge in [0.15, 0.2) is 0 Å². The van der Waals surface area contributed by atoms with Crippen LogP contribution in [0.4, 0.5) is 0 Å². The van der Waals surface area contributed by atoms with E-state index in [1.165, 1.54) is 32.1 Å². The van der Waals surface area contributed by atoms with E-state index in [1.807, 2.05) is 0 Å². The highest BCUT2D eigenvalue weighted by atomic mass is 16.5. The summed E-state index contributed by atoms with van der Waals surface area (Å²) in [6, 6.07) is 1.27. The van der Waals surface area contributed by atoms with Crippen molar-refractivity contribution in [1.29, 1.82) is 0 Å². The molecule has 1 aliphatic heterocycles. The highest BCUT2D eigenvalue weighted by Crippen LogP contribution is 2.37. The van der Waals surface area contributed by atoms with E-state index in [0.717, 1.165) is 39.0 Å². The summed E-state index contributed by atoms with van der Waals surface area (Å²) in [6.07, 6.45) is 10.2. The van der Waals surface area contributed by atoms with Crippen molar-refractivity contribution in [3.63, 3.8) is 0 Å². The Hall–Kier alpha value is -0.160. The summed E-state index contributed by atoms with van der Waals surface area (Å²) >= 11 is 0. The number of rotatable bonds is 5. The average molecular weight is 296 g/mol. The molecule has 0 aromatic rings. The van der Waals surface area contributed by atoms with Gasteiger partial charge in [0.05, 0.1) is 19.3 Å². The summed E-state index contributed by atoms with van der Waals surface area (Å²) in [5.74, 6) is 0. The van der Waals surface area contributed by atoms with E-state index in [0.29, 0.717) is 18.2 Å². The summed E-state index contributed by atoms with van der Waals surface area (Å²) in [4.78, 5) is 2.73. The predicted molar refractivity (Wildman–Crippen MR) is 84.5 cm³/mol. The molecule has 4 unspecified atom stereocenters. The minimum absolute atomic E-state index is 0.0364. The summed E-state index contributed by atoms with van der Waals surface area (Å²) < 4.78 is 5.96. The molecule has 0 bridgehead atoms. The molecule has 1 heterocycles. The Kier molecular flexibility index (Phi) is 5.20. The molecule has 2 N–H and O–H groups in total. The normalized spacial score (nSPS) is 41.1. The highest BCUT2D eigenvalue weighted by Gasteiger charge is 2.43. The topological polar surface area (TPSA) is 44.7 Å². The lowest BCUT2D eigenvalue weighted by atomic mass is 9.78. The van der Waals surface area contributed by atoms with Crippen LogP contribution < -0.4 is 5.32 Å². The number of morpholine rings is 1. The molecular weight excluding hydrogens is 264 g/mol. The number of nitrogens with one attached hydrogen (secondary N) is 1. The summed E-state index contributed by atoms with van der Waals surface area (Å²) in [6.45, 7) is 5.47. The fourth-order valence-corrected chi connectivity index (χ4v) is 4.77. The fourth-order valence-electron chi connectivity index (χ4n) is 4.77. The van der Waals surface area contributed by atoms with Gasteiger partial charge in [0.25, 0.3) is 0 Å². The van der Waals surface area contributed by atoms with E-state index in [4.69, 9.17) is 4.74 Å². The standard InChI is InChI=1S/C17H32N2O2/c1-2-9-18-17(13-20)8-4-5-14(12-17)19-10-11-21-16-7-3-6-15(16)19/h14-16,18,20H,2-13H2,1H3. The van der Waals surface area contributed by atoms with E-state index in [2.05, 4.69) is 17.1 Å². The monoisotopic (exact) mass is 296 g/mol. The molecule has 4 nitrogen and oxygen atoms in total. The Morgan fingerprint density at radius 2 is 2.19 bits per heavy atom. The van der Waals surface area contributed by atoms with Crippen LogP contribution in [0.15, 0.2) is 0 Å². The van der Waals surface area contributed by atoms with Crippen molar-refractivity contribution in [2.24, 2.45) is 0 Å². The molecule has 4 heteroatoms. The number of nitrogens with zero attached hydrogens (tertiary/aromatic N) is 1. The molecule has 0 radical (unpaired) electrons. The molecule has 2 aliphatic carbocycles. The van der Waals surface area contributed by atoms with E-state index in [9.17, 15) is 5.11 Å². The van der Waals surface area contributed by atoms with Crippen molar-refractivity contribution in [2.45, 2.75) is 82.0 Å². The van der Waals surface area contributed by atoms with Crippen molar-refractivity contribution in [3.05, 3.63) is 0 Å². The van der Waals surface area contributed by atoms with Gasteiger partial charge in [-0.15, -0.1) is 0 Å². The first kappa shape index (κ1) is 15.7. The van der Waals surface area contributed by atoms with Gasteiger partial charge >= 0.3 is 0 Å². The Bertz CT molecular complexity index is 339. The zero-order valence-corrected chi connectivity index (χ0v) is 13.5. The first-order valence-corrected chi connectivity index (χ1v) is 9.01. The van der Waals surface area contributed by atoms with E-state index < -0.39 is 0 Å². The third kappa shape index (κ3) is 3.29. The van der Waals surface area contributed by atoms with Crippen molar-refractivity contribution in [1.82, 2.24) is 10.2 Å². The first-order valence-electron chi connectivity index (χ1n) is 9.01. The largest absolute Gasteiger partial charge is 0.394 e. The van der Waals surface area contributed by atoms with Crippen LogP contribution in [0.2, 0.25) is 0 Å². The number of hydrogen-bond donors (Lipinski definition) is 2. The Balaban J connectivity index is 1.67. The molecule has 21 heavy (non-hydrogen) atoms. The van der Waals surface area contributed by atoms with Gasteiger partial charge in [0.2, 0.25) is 0 Å². The molecule has 3 rings (SSSR count). The molecule has 122 valence electrons. The zero-order chi connectivity index (χ0) is 14.7. The third-order valence-corrected chi connectivity index (χ3v) is 5.87. The van der Waals surface area contributed by atoms with Gasteiger partial charge in [-0.1, -0.05) is 6.92 Å². The lowest BCUT2D eigenvalue weighted by Crippen LogP contribution is -2.60. The van der Waals surface area contributed by atoms with Gasteiger partial charge in [-0.25, -0.2) is 0 Å². The maximum atomic E-state index is 9.97. The van der Waals surface area contributed by atoms with Crippen LogP contribution in [0.25, 0.3) is 0 Å². The van der Waals surface area contributed by atoms with Gasteiger partial charge in [0, 0.05) is 24.2 Å². The van der Waals surface area contributed by atoms with Crippen molar-refractivity contribution in [2.75, 3.05) is 26.3 Å². The molecule has 4 atom stereocenters. The lowest BCUT2D eigenvalue weighted by molar-refractivity contribution is -0.0841. The molecule has 3 aliphatic rings. The molecule has 0 amide bonds. The smallest absolute Gasteiger partial charge is 0.0731 e. The van der Waals surface area contributed by atoms with Gasteiger partial charge in [-0.2, -0.15) is 0 Å². The van der Waals surface area contributed by atoms with Crippen molar-refractivity contribution >= 4 is 0 Å². The number of aliphatic hydroxyl groups excluding tert-OH is 1. The molecule has 0 aromatic heterocycles. The van der Waals surface area contributed by atoms with Crippen LogP contribution >= 0.6 is 0 Å². The van der Waals surface area contributed by atoms with Crippen LogP contribution in [-0.4, -0.2) is 60.0 Å². The zero-order valence-electron chi connectivity index (χ0n) is 13.5. The van der Waals surface area contributed by atoms with Crippen molar-refractivity contribution in [3.8, 4) is 0 Å². The third-order valence-electron chi connectivity index (χ3n) is 5.87. The number of fused-ring (bicyclic) bond motifs is 1. The van der Waals surface area contributed by atoms with Crippen LogP contribution in [0.3, 0.4) is 0 Å². The molecule has 2 saturated carbocycles. The fraction of sp³-hybridized carbons (Fsp3) is 1.00. The summed E-state index contributed by atoms with van der Waals surface area (Å²) in [5, 5.41) is 13.6. The number of aliphatic hydroxyl groups is 1. The maximum absolute atomic E-state index is 9.97. The van der Waals surface area contributed by atoms with Crippen LogP contribution in [-0.2, 0) is 4.74 Å². The molecule has 0 aromatic carbocycles. The lowest BCUT2D eigenvalue weighted by Gasteiger charge is -2.49. The second kappa shape index (κ2) is 6.95. The SMILES string of the molecule is CCCNC1(CO)CCCC(N2CCOC3CCCC32)C1. The van der Waals surface area contributed by atoms with E-state index >= 15 is 0 Å². The van der Waals surface area contributed by atoms with Crippen LogP contribution in [0, 0.1) is 0 Å². The Morgan fingerprint density at radius 3 is 3.00 bits per heavy atom. The molecular formula is C17H32N2O2. The second-order valence-electron chi connectivity index (χ2n) is 7.26. The minimum Gasteiger partial charge on any atom is -0.394 e.